The third-order valence-electron chi connectivity index (χ3n) is 3.52. The van der Waals surface area contributed by atoms with Crippen LogP contribution in [-0.2, 0) is 14.3 Å². The van der Waals surface area contributed by atoms with Crippen molar-refractivity contribution in [2.24, 2.45) is 0 Å². The smallest absolute Gasteiger partial charge is 0.467 e. The first kappa shape index (κ1) is 16.7. The molecule has 1 aliphatic rings. The SMILES string of the molecule is COC(=O)[C@]1(NC(=O)C(F)(F)F)CC[C@@H]1Sc1ccccc1. The average Bonchev–Trinajstić information content (AvgIpc) is 2.48. The summed E-state index contributed by atoms with van der Waals surface area (Å²) in [6.45, 7) is 0. The second-order valence-electron chi connectivity index (χ2n) is 4.87. The first-order valence-electron chi connectivity index (χ1n) is 6.49. The van der Waals surface area contributed by atoms with E-state index in [-0.39, 0.29) is 6.42 Å². The molecule has 0 unspecified atom stereocenters. The van der Waals surface area contributed by atoms with E-state index < -0.39 is 28.8 Å². The number of carbonyl (C=O) groups excluding carboxylic acids is 2. The molecule has 0 saturated heterocycles. The van der Waals surface area contributed by atoms with E-state index in [2.05, 4.69) is 4.74 Å². The summed E-state index contributed by atoms with van der Waals surface area (Å²) in [4.78, 5) is 24.0. The van der Waals surface area contributed by atoms with Crippen molar-refractivity contribution in [1.82, 2.24) is 5.32 Å². The molecule has 0 bridgehead atoms. The quantitative estimate of drug-likeness (QED) is 0.861. The molecule has 0 heterocycles. The number of nitrogens with one attached hydrogen (secondary N) is 1. The highest BCUT2D eigenvalue weighted by Gasteiger charge is 2.58. The second-order valence-corrected chi connectivity index (χ2v) is 6.15. The van der Waals surface area contributed by atoms with Crippen molar-refractivity contribution in [3.8, 4) is 0 Å². The summed E-state index contributed by atoms with van der Waals surface area (Å²) in [7, 11) is 1.09. The molecule has 1 aromatic carbocycles. The van der Waals surface area contributed by atoms with Crippen LogP contribution in [0.25, 0.3) is 0 Å². The lowest BCUT2D eigenvalue weighted by atomic mass is 9.76. The predicted octanol–water partition coefficient (Wildman–Crippen LogP) is 2.53. The third-order valence-corrected chi connectivity index (χ3v) is 4.98. The Morgan fingerprint density at radius 1 is 1.32 bits per heavy atom. The molecule has 1 fully saturated rings. The van der Waals surface area contributed by atoms with E-state index in [0.717, 1.165) is 12.0 Å². The molecular formula is C14H14F3NO3S. The molecule has 1 amide bonds. The van der Waals surface area contributed by atoms with Gasteiger partial charge >= 0.3 is 18.1 Å². The summed E-state index contributed by atoms with van der Waals surface area (Å²) in [6.07, 6.45) is -4.42. The lowest BCUT2D eigenvalue weighted by Gasteiger charge is -2.46. The van der Waals surface area contributed by atoms with Gasteiger partial charge < -0.3 is 10.1 Å². The molecule has 1 aromatic rings. The number of amides is 1. The number of hydrogen-bond acceptors (Lipinski definition) is 4. The monoisotopic (exact) mass is 333 g/mol. The van der Waals surface area contributed by atoms with Crippen molar-refractivity contribution >= 4 is 23.6 Å². The Labute approximate surface area is 129 Å². The number of carbonyl (C=O) groups is 2. The molecule has 1 N–H and O–H groups in total. The number of esters is 1. The zero-order chi connectivity index (χ0) is 16.4. The highest BCUT2D eigenvalue weighted by atomic mass is 32.2. The van der Waals surface area contributed by atoms with Crippen LogP contribution < -0.4 is 5.32 Å². The van der Waals surface area contributed by atoms with Crippen molar-refractivity contribution in [3.63, 3.8) is 0 Å². The van der Waals surface area contributed by atoms with E-state index in [1.165, 1.54) is 11.8 Å². The third kappa shape index (κ3) is 3.21. The minimum absolute atomic E-state index is 0.117. The molecule has 8 heteroatoms. The number of methoxy groups -OCH3 is 1. The van der Waals surface area contributed by atoms with Gasteiger partial charge in [0.1, 0.15) is 0 Å². The van der Waals surface area contributed by atoms with Crippen LogP contribution in [0, 0.1) is 0 Å². The summed E-state index contributed by atoms with van der Waals surface area (Å²) < 4.78 is 42.1. The van der Waals surface area contributed by atoms with Crippen molar-refractivity contribution in [2.45, 2.75) is 34.7 Å². The lowest BCUT2D eigenvalue weighted by molar-refractivity contribution is -0.179. The highest BCUT2D eigenvalue weighted by Crippen LogP contribution is 2.45. The number of hydrogen-bond donors (Lipinski definition) is 1. The Hall–Kier alpha value is -1.70. The lowest BCUT2D eigenvalue weighted by Crippen LogP contribution is -2.68. The first-order valence-corrected chi connectivity index (χ1v) is 7.37. The van der Waals surface area contributed by atoms with E-state index in [4.69, 9.17) is 0 Å². The van der Waals surface area contributed by atoms with Gasteiger partial charge in [-0.3, -0.25) is 4.79 Å². The fraction of sp³-hybridized carbons (Fsp3) is 0.429. The summed E-state index contributed by atoms with van der Waals surface area (Å²) in [5.41, 5.74) is -1.64. The number of alkyl halides is 3. The molecule has 2 rings (SSSR count). The van der Waals surface area contributed by atoms with Gasteiger partial charge in [-0.1, -0.05) is 18.2 Å². The van der Waals surface area contributed by atoms with Crippen LogP contribution in [0.2, 0.25) is 0 Å². The Morgan fingerprint density at radius 3 is 2.41 bits per heavy atom. The number of benzene rings is 1. The minimum Gasteiger partial charge on any atom is -0.467 e. The molecule has 2 atom stereocenters. The summed E-state index contributed by atoms with van der Waals surface area (Å²) in [5.74, 6) is -2.99. The number of rotatable bonds is 4. The van der Waals surface area contributed by atoms with Gasteiger partial charge in [0.15, 0.2) is 5.54 Å². The fourth-order valence-electron chi connectivity index (χ4n) is 2.26. The molecule has 1 saturated carbocycles. The Balaban J connectivity index is 2.19. The van der Waals surface area contributed by atoms with Crippen LogP contribution >= 0.6 is 11.8 Å². The van der Waals surface area contributed by atoms with Crippen LogP contribution in [0.15, 0.2) is 35.2 Å². The molecule has 1 aliphatic carbocycles. The maximum Gasteiger partial charge on any atom is 0.471 e. The number of halogens is 3. The molecule has 120 valence electrons. The van der Waals surface area contributed by atoms with Gasteiger partial charge in [0, 0.05) is 10.1 Å². The van der Waals surface area contributed by atoms with Crippen LogP contribution in [0.5, 0.6) is 0 Å². The van der Waals surface area contributed by atoms with Crippen molar-refractivity contribution < 1.29 is 27.5 Å². The zero-order valence-electron chi connectivity index (χ0n) is 11.6. The molecule has 22 heavy (non-hydrogen) atoms. The highest BCUT2D eigenvalue weighted by molar-refractivity contribution is 8.00. The van der Waals surface area contributed by atoms with Gasteiger partial charge in [0.2, 0.25) is 0 Å². The molecule has 0 radical (unpaired) electrons. The largest absolute Gasteiger partial charge is 0.471 e. The normalized spacial score (nSPS) is 24.3. The topological polar surface area (TPSA) is 55.4 Å². The fourth-order valence-corrected chi connectivity index (χ4v) is 3.61. The van der Waals surface area contributed by atoms with Crippen molar-refractivity contribution in [1.29, 1.82) is 0 Å². The van der Waals surface area contributed by atoms with Gasteiger partial charge in [-0.05, 0) is 25.0 Å². The second kappa shape index (κ2) is 6.20. The Bertz CT molecular complexity index is 564. The first-order chi connectivity index (χ1) is 10.3. The number of thioether (sulfide) groups is 1. The standard InChI is InChI=1S/C14H14F3NO3S/c1-21-12(20)13(18-11(19)14(15,16)17)8-7-10(13)22-9-5-3-2-4-6-9/h2-6,10H,7-8H2,1H3,(H,18,19)/t10-,13-/m0/s1. The van der Waals surface area contributed by atoms with Crippen LogP contribution in [0.3, 0.4) is 0 Å². The molecular weight excluding hydrogens is 319 g/mol. The van der Waals surface area contributed by atoms with E-state index in [1.807, 2.05) is 11.4 Å². The maximum absolute atomic E-state index is 12.5. The Kier molecular flexibility index (Phi) is 4.69. The Morgan fingerprint density at radius 2 is 1.95 bits per heavy atom. The van der Waals surface area contributed by atoms with Gasteiger partial charge in [0.05, 0.1) is 7.11 Å². The van der Waals surface area contributed by atoms with Gasteiger partial charge in [-0.25, -0.2) is 4.79 Å². The van der Waals surface area contributed by atoms with E-state index in [0.29, 0.717) is 6.42 Å². The molecule has 0 aliphatic heterocycles. The van der Waals surface area contributed by atoms with Crippen LogP contribution in [0.4, 0.5) is 13.2 Å². The van der Waals surface area contributed by atoms with Crippen molar-refractivity contribution in [3.05, 3.63) is 30.3 Å². The molecule has 0 spiro atoms. The number of ether oxygens (including phenoxy) is 1. The molecule has 4 nitrogen and oxygen atoms in total. The molecule has 0 aromatic heterocycles. The minimum atomic E-state index is -5.04. The van der Waals surface area contributed by atoms with Gasteiger partial charge in [0.25, 0.3) is 0 Å². The van der Waals surface area contributed by atoms with Crippen LogP contribution in [0.1, 0.15) is 12.8 Å². The van der Waals surface area contributed by atoms with Gasteiger partial charge in [-0.15, -0.1) is 11.8 Å². The van der Waals surface area contributed by atoms with Crippen molar-refractivity contribution in [2.75, 3.05) is 7.11 Å². The van der Waals surface area contributed by atoms with Gasteiger partial charge in [-0.2, -0.15) is 13.2 Å². The summed E-state index contributed by atoms with van der Waals surface area (Å²) in [5, 5.41) is 1.33. The summed E-state index contributed by atoms with van der Waals surface area (Å²) in [6, 6.07) is 8.96. The van der Waals surface area contributed by atoms with Crippen LogP contribution in [-0.4, -0.2) is 36.0 Å². The van der Waals surface area contributed by atoms with E-state index in [1.54, 1.807) is 24.3 Å². The van der Waals surface area contributed by atoms with E-state index >= 15 is 0 Å². The summed E-state index contributed by atoms with van der Waals surface area (Å²) >= 11 is 1.25. The maximum atomic E-state index is 12.5. The predicted molar refractivity (Wildman–Crippen MR) is 74.3 cm³/mol. The zero-order valence-corrected chi connectivity index (χ0v) is 12.5. The average molecular weight is 333 g/mol. The van der Waals surface area contributed by atoms with E-state index in [9.17, 15) is 22.8 Å².